The van der Waals surface area contributed by atoms with Gasteiger partial charge in [0.05, 0.1) is 5.02 Å². The summed E-state index contributed by atoms with van der Waals surface area (Å²) in [5.41, 5.74) is 0.446. The van der Waals surface area contributed by atoms with Crippen molar-refractivity contribution in [1.82, 2.24) is 15.2 Å². The first-order valence-corrected chi connectivity index (χ1v) is 6.32. The van der Waals surface area contributed by atoms with Gasteiger partial charge in [-0.3, -0.25) is 4.79 Å². The minimum absolute atomic E-state index is 0.0565. The smallest absolute Gasteiger partial charge is 0.270 e. The number of nitrogens with one attached hydrogen (secondary N) is 2. The van der Waals surface area contributed by atoms with E-state index in [-0.39, 0.29) is 5.91 Å². The third kappa shape index (κ3) is 2.76. The molecule has 2 atom stereocenters. The van der Waals surface area contributed by atoms with Crippen molar-refractivity contribution in [2.45, 2.75) is 25.9 Å². The summed E-state index contributed by atoms with van der Waals surface area (Å²) in [5, 5.41) is 4.07. The van der Waals surface area contributed by atoms with Gasteiger partial charge in [0.2, 0.25) is 0 Å². The second-order valence-electron chi connectivity index (χ2n) is 4.52. The van der Waals surface area contributed by atoms with Crippen molar-refractivity contribution >= 4 is 29.1 Å². The SMILES string of the molecule is CC1CN(C(=O)c2cc(Cl)c(Cl)[nH]2)CC(C)N1. The third-order valence-electron chi connectivity index (χ3n) is 2.80. The number of aromatic nitrogens is 1. The van der Waals surface area contributed by atoms with Crippen molar-refractivity contribution in [1.29, 1.82) is 0 Å². The Bertz CT molecular complexity index is 403. The number of hydrogen-bond donors (Lipinski definition) is 2. The summed E-state index contributed by atoms with van der Waals surface area (Å²) in [4.78, 5) is 16.8. The number of carbonyl (C=O) groups excluding carboxylic acids is 1. The second kappa shape index (κ2) is 4.88. The molecule has 1 fully saturated rings. The van der Waals surface area contributed by atoms with Crippen molar-refractivity contribution < 1.29 is 4.79 Å². The van der Waals surface area contributed by atoms with Crippen molar-refractivity contribution in [3.63, 3.8) is 0 Å². The van der Waals surface area contributed by atoms with E-state index in [0.29, 0.717) is 41.0 Å². The Hall–Kier alpha value is -0.710. The van der Waals surface area contributed by atoms with Crippen LogP contribution in [0.5, 0.6) is 0 Å². The molecule has 17 heavy (non-hydrogen) atoms. The van der Waals surface area contributed by atoms with Crippen LogP contribution in [0.15, 0.2) is 6.07 Å². The van der Waals surface area contributed by atoms with Crippen LogP contribution in [0.2, 0.25) is 10.2 Å². The lowest BCUT2D eigenvalue weighted by molar-refractivity contribution is 0.0668. The summed E-state index contributed by atoms with van der Waals surface area (Å²) in [6.45, 7) is 5.50. The summed E-state index contributed by atoms with van der Waals surface area (Å²) in [5.74, 6) is -0.0565. The van der Waals surface area contributed by atoms with Crippen LogP contribution in [0.3, 0.4) is 0 Å². The van der Waals surface area contributed by atoms with E-state index >= 15 is 0 Å². The molecule has 0 bridgehead atoms. The van der Waals surface area contributed by atoms with Gasteiger partial charge in [0.15, 0.2) is 0 Å². The van der Waals surface area contributed by atoms with Gasteiger partial charge in [-0.15, -0.1) is 0 Å². The van der Waals surface area contributed by atoms with E-state index in [0.717, 1.165) is 0 Å². The molecule has 1 saturated heterocycles. The largest absolute Gasteiger partial charge is 0.340 e. The molecule has 1 aliphatic rings. The average molecular weight is 276 g/mol. The molecule has 2 rings (SSSR count). The molecular formula is C11H15Cl2N3O. The van der Waals surface area contributed by atoms with E-state index in [1.165, 1.54) is 0 Å². The second-order valence-corrected chi connectivity index (χ2v) is 5.31. The topological polar surface area (TPSA) is 48.1 Å². The van der Waals surface area contributed by atoms with Gasteiger partial charge in [0.1, 0.15) is 10.8 Å². The Kier molecular flexibility index (Phi) is 3.66. The molecule has 0 radical (unpaired) electrons. The zero-order valence-corrected chi connectivity index (χ0v) is 11.3. The number of rotatable bonds is 1. The molecule has 0 spiro atoms. The Morgan fingerprint density at radius 3 is 2.41 bits per heavy atom. The average Bonchev–Trinajstić information content (AvgIpc) is 2.57. The number of amides is 1. The molecule has 6 heteroatoms. The Morgan fingerprint density at radius 1 is 1.35 bits per heavy atom. The summed E-state index contributed by atoms with van der Waals surface area (Å²) < 4.78 is 0. The van der Waals surface area contributed by atoms with Crippen LogP contribution in [0, 0.1) is 0 Å². The van der Waals surface area contributed by atoms with Gasteiger partial charge in [-0.05, 0) is 19.9 Å². The van der Waals surface area contributed by atoms with Gasteiger partial charge in [0, 0.05) is 25.2 Å². The van der Waals surface area contributed by atoms with Gasteiger partial charge >= 0.3 is 0 Å². The zero-order chi connectivity index (χ0) is 12.6. The van der Waals surface area contributed by atoms with Crippen LogP contribution < -0.4 is 5.32 Å². The Labute approximate surface area is 110 Å². The maximum Gasteiger partial charge on any atom is 0.270 e. The van der Waals surface area contributed by atoms with Gasteiger partial charge in [-0.1, -0.05) is 23.2 Å². The summed E-state index contributed by atoms with van der Waals surface area (Å²) >= 11 is 11.6. The highest BCUT2D eigenvalue weighted by molar-refractivity contribution is 6.41. The molecule has 1 aliphatic heterocycles. The van der Waals surface area contributed by atoms with Crippen LogP contribution in [-0.2, 0) is 0 Å². The number of carbonyl (C=O) groups is 1. The molecule has 2 unspecified atom stereocenters. The Balaban J connectivity index is 2.14. The third-order valence-corrected chi connectivity index (χ3v) is 3.49. The lowest BCUT2D eigenvalue weighted by Crippen LogP contribution is -2.55. The van der Waals surface area contributed by atoms with Gasteiger partial charge in [-0.25, -0.2) is 0 Å². The molecule has 0 aliphatic carbocycles. The number of halogens is 2. The maximum absolute atomic E-state index is 12.2. The van der Waals surface area contributed by atoms with Crippen molar-refractivity contribution in [2.75, 3.05) is 13.1 Å². The van der Waals surface area contributed by atoms with E-state index in [1.54, 1.807) is 6.07 Å². The summed E-state index contributed by atoms with van der Waals surface area (Å²) in [7, 11) is 0. The highest BCUT2D eigenvalue weighted by Crippen LogP contribution is 2.23. The molecule has 2 N–H and O–H groups in total. The van der Waals surface area contributed by atoms with Crippen molar-refractivity contribution in [2.24, 2.45) is 0 Å². The number of aromatic amines is 1. The van der Waals surface area contributed by atoms with Gasteiger partial charge < -0.3 is 15.2 Å². The fourth-order valence-electron chi connectivity index (χ4n) is 2.18. The predicted octanol–water partition coefficient (Wildman–Crippen LogP) is 2.14. The molecule has 1 aromatic heterocycles. The molecule has 0 aromatic carbocycles. The first kappa shape index (κ1) is 12.7. The molecule has 2 heterocycles. The van der Waals surface area contributed by atoms with E-state index < -0.39 is 0 Å². The van der Waals surface area contributed by atoms with Crippen LogP contribution in [0.4, 0.5) is 0 Å². The van der Waals surface area contributed by atoms with E-state index in [2.05, 4.69) is 24.1 Å². The minimum Gasteiger partial charge on any atom is -0.340 e. The fourth-order valence-corrected chi connectivity index (χ4v) is 2.49. The summed E-state index contributed by atoms with van der Waals surface area (Å²) in [6, 6.07) is 2.16. The van der Waals surface area contributed by atoms with E-state index in [1.807, 2.05) is 4.90 Å². The van der Waals surface area contributed by atoms with Crippen LogP contribution in [-0.4, -0.2) is 41.0 Å². The minimum atomic E-state index is -0.0565. The summed E-state index contributed by atoms with van der Waals surface area (Å²) in [6.07, 6.45) is 0. The van der Waals surface area contributed by atoms with Crippen LogP contribution in [0.1, 0.15) is 24.3 Å². The van der Waals surface area contributed by atoms with Gasteiger partial charge in [0.25, 0.3) is 5.91 Å². The van der Waals surface area contributed by atoms with Crippen LogP contribution >= 0.6 is 23.2 Å². The van der Waals surface area contributed by atoms with Crippen molar-refractivity contribution in [3.05, 3.63) is 21.9 Å². The predicted molar refractivity (Wildman–Crippen MR) is 68.8 cm³/mol. The number of piperazine rings is 1. The highest BCUT2D eigenvalue weighted by atomic mass is 35.5. The molecule has 1 aromatic rings. The lowest BCUT2D eigenvalue weighted by atomic mass is 10.1. The molecule has 1 amide bonds. The van der Waals surface area contributed by atoms with E-state index in [4.69, 9.17) is 23.2 Å². The van der Waals surface area contributed by atoms with E-state index in [9.17, 15) is 4.79 Å². The molecular weight excluding hydrogens is 261 g/mol. The maximum atomic E-state index is 12.2. The zero-order valence-electron chi connectivity index (χ0n) is 9.76. The molecule has 94 valence electrons. The van der Waals surface area contributed by atoms with Crippen LogP contribution in [0.25, 0.3) is 0 Å². The monoisotopic (exact) mass is 275 g/mol. The molecule has 4 nitrogen and oxygen atoms in total. The number of nitrogens with zero attached hydrogens (tertiary/aromatic N) is 1. The normalized spacial score (nSPS) is 25.1. The number of H-pyrrole nitrogens is 1. The standard InChI is InChI=1S/C11H15Cl2N3O/c1-6-4-16(5-7(2)14-6)11(17)9-3-8(12)10(13)15-9/h3,6-7,14-15H,4-5H2,1-2H3. The first-order chi connectivity index (χ1) is 7.97. The van der Waals surface area contributed by atoms with Gasteiger partial charge in [-0.2, -0.15) is 0 Å². The lowest BCUT2D eigenvalue weighted by Gasteiger charge is -2.35. The number of hydrogen-bond acceptors (Lipinski definition) is 2. The quantitative estimate of drug-likeness (QED) is 0.825. The van der Waals surface area contributed by atoms with Crippen molar-refractivity contribution in [3.8, 4) is 0 Å². The first-order valence-electron chi connectivity index (χ1n) is 5.56. The fraction of sp³-hybridized carbons (Fsp3) is 0.545. The molecule has 0 saturated carbocycles. The Morgan fingerprint density at radius 2 is 1.94 bits per heavy atom. The highest BCUT2D eigenvalue weighted by Gasteiger charge is 2.26.